The van der Waals surface area contributed by atoms with Crippen LogP contribution in [0.1, 0.15) is 5.82 Å². The summed E-state index contributed by atoms with van der Waals surface area (Å²) >= 11 is 0. The summed E-state index contributed by atoms with van der Waals surface area (Å²) in [5.41, 5.74) is 1.31. The van der Waals surface area contributed by atoms with Gasteiger partial charge in [-0.3, -0.25) is 4.40 Å². The fraction of sp³-hybridized carbons (Fsp3) is 0.0556. The van der Waals surface area contributed by atoms with Crippen molar-refractivity contribution in [2.75, 3.05) is 0 Å². The third-order valence-corrected chi connectivity index (χ3v) is 3.77. The number of imidazole rings is 1. The molecule has 136 valence electrons. The molecule has 1 aromatic carbocycles. The van der Waals surface area contributed by atoms with Gasteiger partial charge in [0, 0.05) is 29.7 Å². The van der Waals surface area contributed by atoms with Gasteiger partial charge in [0.25, 0.3) is 0 Å². The van der Waals surface area contributed by atoms with Gasteiger partial charge in [-0.2, -0.15) is 13.2 Å². The van der Waals surface area contributed by atoms with Crippen LogP contribution in [0.5, 0.6) is 11.8 Å². The molecule has 9 heteroatoms. The molecular weight excluding hydrogens is 364 g/mol. The molecule has 0 radical (unpaired) electrons. The summed E-state index contributed by atoms with van der Waals surface area (Å²) in [6, 6.07) is 8.54. The van der Waals surface area contributed by atoms with E-state index in [1.54, 1.807) is 6.07 Å². The number of hydrogen-bond donors (Lipinski definition) is 0. The molecule has 0 spiro atoms. The molecule has 0 aliphatic rings. The number of fused-ring (bicyclic) bond motifs is 1. The molecule has 0 amide bonds. The molecule has 0 aliphatic heterocycles. The Bertz CT molecular complexity index is 1090. The highest BCUT2D eigenvalue weighted by Gasteiger charge is 2.35. The zero-order chi connectivity index (χ0) is 19.0. The summed E-state index contributed by atoms with van der Waals surface area (Å²) in [5.74, 6) is -1.04. The van der Waals surface area contributed by atoms with Gasteiger partial charge in [0.05, 0.1) is 11.7 Å². The summed E-state index contributed by atoms with van der Waals surface area (Å²) in [4.78, 5) is 11.5. The van der Waals surface area contributed by atoms with Crippen LogP contribution < -0.4 is 4.74 Å². The van der Waals surface area contributed by atoms with E-state index in [0.29, 0.717) is 22.4 Å². The van der Waals surface area contributed by atoms with Crippen LogP contribution in [0.2, 0.25) is 0 Å². The van der Waals surface area contributed by atoms with Crippen molar-refractivity contribution in [3.8, 4) is 22.9 Å². The zero-order valence-electron chi connectivity index (χ0n) is 13.5. The molecule has 0 N–H and O–H groups in total. The van der Waals surface area contributed by atoms with Gasteiger partial charge in [-0.1, -0.05) is 6.07 Å². The molecule has 0 fully saturated rings. The Balaban J connectivity index is 1.62. The summed E-state index contributed by atoms with van der Waals surface area (Å²) in [5, 5.41) is 0. The van der Waals surface area contributed by atoms with Crippen molar-refractivity contribution in [3.63, 3.8) is 0 Å². The highest BCUT2D eigenvalue weighted by atomic mass is 19.4. The Hall–Kier alpha value is -3.49. The number of halogens is 4. The third kappa shape index (κ3) is 3.43. The standard InChI is InChI=1S/C18H10F4N4O/c19-13-2-5-15(6-3-13)27-17-24-7-12(8-25-17)11-1-4-14-9-23-16(18(20,21)22)26(14)10-11/h1-10H. The summed E-state index contributed by atoms with van der Waals surface area (Å²) in [6.07, 6.45) is 0.774. The van der Waals surface area contributed by atoms with Gasteiger partial charge in [0.2, 0.25) is 5.82 Å². The van der Waals surface area contributed by atoms with E-state index in [-0.39, 0.29) is 6.01 Å². The van der Waals surface area contributed by atoms with Gasteiger partial charge in [-0.05, 0) is 30.3 Å². The van der Waals surface area contributed by atoms with E-state index >= 15 is 0 Å². The smallest absolute Gasteiger partial charge is 0.424 e. The van der Waals surface area contributed by atoms with Gasteiger partial charge in [0.1, 0.15) is 11.6 Å². The van der Waals surface area contributed by atoms with Crippen LogP contribution in [0, 0.1) is 5.82 Å². The molecule has 27 heavy (non-hydrogen) atoms. The lowest BCUT2D eigenvalue weighted by Gasteiger charge is -2.08. The van der Waals surface area contributed by atoms with E-state index in [4.69, 9.17) is 4.74 Å². The van der Waals surface area contributed by atoms with Crippen LogP contribution in [-0.2, 0) is 6.18 Å². The van der Waals surface area contributed by atoms with E-state index in [9.17, 15) is 17.6 Å². The molecule has 4 rings (SSSR count). The first-order valence-corrected chi connectivity index (χ1v) is 7.70. The van der Waals surface area contributed by atoms with Gasteiger partial charge < -0.3 is 4.74 Å². The fourth-order valence-corrected chi connectivity index (χ4v) is 2.50. The minimum Gasteiger partial charge on any atom is -0.424 e. The highest BCUT2D eigenvalue weighted by molar-refractivity contribution is 5.64. The molecule has 0 unspecified atom stereocenters. The van der Waals surface area contributed by atoms with E-state index in [1.807, 2.05) is 0 Å². The normalized spacial score (nSPS) is 11.7. The topological polar surface area (TPSA) is 52.3 Å². The van der Waals surface area contributed by atoms with Gasteiger partial charge in [-0.15, -0.1) is 0 Å². The number of aromatic nitrogens is 4. The zero-order valence-corrected chi connectivity index (χ0v) is 13.5. The van der Waals surface area contributed by atoms with Crippen molar-refractivity contribution in [1.82, 2.24) is 19.4 Å². The van der Waals surface area contributed by atoms with Gasteiger partial charge in [-0.25, -0.2) is 19.3 Å². The number of rotatable bonds is 3. The molecule has 4 aromatic rings. The van der Waals surface area contributed by atoms with Crippen LogP contribution >= 0.6 is 0 Å². The van der Waals surface area contributed by atoms with Crippen LogP contribution in [-0.4, -0.2) is 19.4 Å². The molecule has 3 aromatic heterocycles. The first-order chi connectivity index (χ1) is 12.9. The van der Waals surface area contributed by atoms with Crippen LogP contribution in [0.3, 0.4) is 0 Å². The Labute approximate surface area is 149 Å². The molecule has 3 heterocycles. The number of hydrogen-bond acceptors (Lipinski definition) is 4. The lowest BCUT2D eigenvalue weighted by Crippen LogP contribution is -2.10. The van der Waals surface area contributed by atoms with E-state index < -0.39 is 17.8 Å². The SMILES string of the molecule is Fc1ccc(Oc2ncc(-c3ccc4cnc(C(F)(F)F)n4c3)cn2)cc1. The first-order valence-electron chi connectivity index (χ1n) is 7.70. The maximum Gasteiger partial charge on any atom is 0.450 e. The molecule has 0 atom stereocenters. The van der Waals surface area contributed by atoms with Crippen molar-refractivity contribution < 1.29 is 22.3 Å². The fourth-order valence-electron chi connectivity index (χ4n) is 2.50. The average molecular weight is 374 g/mol. The summed E-state index contributed by atoms with van der Waals surface area (Å²) in [6.45, 7) is 0. The quantitative estimate of drug-likeness (QED) is 0.486. The second-order valence-electron chi connectivity index (χ2n) is 5.60. The lowest BCUT2D eigenvalue weighted by molar-refractivity contribution is -0.145. The highest BCUT2D eigenvalue weighted by Crippen LogP contribution is 2.30. The monoisotopic (exact) mass is 374 g/mol. The number of pyridine rings is 1. The van der Waals surface area contributed by atoms with Gasteiger partial charge >= 0.3 is 12.2 Å². The summed E-state index contributed by atoms with van der Waals surface area (Å²) in [7, 11) is 0. The maximum absolute atomic E-state index is 13.0. The molecule has 0 saturated heterocycles. The number of nitrogens with zero attached hydrogens (tertiary/aromatic N) is 4. The third-order valence-electron chi connectivity index (χ3n) is 3.77. The first kappa shape index (κ1) is 17.0. The predicted octanol–water partition coefficient (Wildman–Crippen LogP) is 4.74. The van der Waals surface area contributed by atoms with Crippen LogP contribution in [0.15, 0.2) is 61.2 Å². The molecule has 0 bridgehead atoms. The Morgan fingerprint density at radius 3 is 2.19 bits per heavy atom. The predicted molar refractivity (Wildman–Crippen MR) is 87.7 cm³/mol. The minimum absolute atomic E-state index is 0.0325. The van der Waals surface area contributed by atoms with E-state index in [0.717, 1.165) is 10.6 Å². The van der Waals surface area contributed by atoms with Crippen molar-refractivity contribution in [2.24, 2.45) is 0 Å². The molecule has 0 saturated carbocycles. The second kappa shape index (κ2) is 6.35. The lowest BCUT2D eigenvalue weighted by atomic mass is 10.1. The van der Waals surface area contributed by atoms with Crippen molar-refractivity contribution in [2.45, 2.75) is 6.18 Å². The van der Waals surface area contributed by atoms with Gasteiger partial charge in [0.15, 0.2) is 0 Å². The second-order valence-corrected chi connectivity index (χ2v) is 5.60. The summed E-state index contributed by atoms with van der Waals surface area (Å²) < 4.78 is 58.3. The average Bonchev–Trinajstić information content (AvgIpc) is 3.08. The van der Waals surface area contributed by atoms with Crippen molar-refractivity contribution >= 4 is 5.52 Å². The number of benzene rings is 1. The van der Waals surface area contributed by atoms with Crippen LogP contribution in [0.4, 0.5) is 17.6 Å². The van der Waals surface area contributed by atoms with Crippen molar-refractivity contribution in [3.05, 3.63) is 72.8 Å². The number of alkyl halides is 3. The minimum atomic E-state index is -4.56. The molecule has 5 nitrogen and oxygen atoms in total. The number of ether oxygens (including phenoxy) is 1. The van der Waals surface area contributed by atoms with Crippen molar-refractivity contribution in [1.29, 1.82) is 0 Å². The largest absolute Gasteiger partial charge is 0.450 e. The Morgan fingerprint density at radius 1 is 0.815 bits per heavy atom. The molecule has 0 aliphatic carbocycles. The van der Waals surface area contributed by atoms with E-state index in [2.05, 4.69) is 15.0 Å². The molecular formula is C18H10F4N4O. The maximum atomic E-state index is 13.0. The Morgan fingerprint density at radius 2 is 1.52 bits per heavy atom. The Kier molecular flexibility index (Phi) is 3.98. The van der Waals surface area contributed by atoms with Crippen LogP contribution in [0.25, 0.3) is 16.6 Å². The van der Waals surface area contributed by atoms with E-state index in [1.165, 1.54) is 48.9 Å².